The third-order valence-electron chi connectivity index (χ3n) is 4.42. The van der Waals surface area contributed by atoms with Gasteiger partial charge in [-0.25, -0.2) is 4.79 Å². The van der Waals surface area contributed by atoms with Crippen LogP contribution in [0.2, 0.25) is 0 Å². The first-order valence-electron chi connectivity index (χ1n) is 8.90. The van der Waals surface area contributed by atoms with Crippen molar-refractivity contribution >= 4 is 17.9 Å². The maximum absolute atomic E-state index is 13.1. The van der Waals surface area contributed by atoms with E-state index >= 15 is 0 Å². The second kappa shape index (κ2) is 8.65. The number of carbonyl (C=O) groups is 3. The second-order valence-electron chi connectivity index (χ2n) is 6.17. The molecule has 1 aromatic carbocycles. The SMILES string of the molecule is CCCCC1(c2ccccc2)NC(=O)N(CCCC(=O)OCC)C1=O. The van der Waals surface area contributed by atoms with Crippen molar-refractivity contribution in [2.45, 2.75) is 51.5 Å². The van der Waals surface area contributed by atoms with Gasteiger partial charge in [-0.2, -0.15) is 0 Å². The molecule has 1 unspecified atom stereocenters. The fourth-order valence-corrected chi connectivity index (χ4v) is 3.12. The van der Waals surface area contributed by atoms with Crippen LogP contribution in [0.3, 0.4) is 0 Å². The average molecular weight is 346 g/mol. The van der Waals surface area contributed by atoms with Crippen LogP contribution in [0.5, 0.6) is 0 Å². The van der Waals surface area contributed by atoms with E-state index in [1.807, 2.05) is 30.3 Å². The number of hydrogen-bond donors (Lipinski definition) is 1. The summed E-state index contributed by atoms with van der Waals surface area (Å²) in [6, 6.07) is 8.97. The maximum Gasteiger partial charge on any atom is 0.325 e. The zero-order valence-electron chi connectivity index (χ0n) is 14.9. The van der Waals surface area contributed by atoms with Gasteiger partial charge in [-0.15, -0.1) is 0 Å². The van der Waals surface area contributed by atoms with Crippen molar-refractivity contribution in [1.82, 2.24) is 10.2 Å². The van der Waals surface area contributed by atoms with Crippen LogP contribution in [0.15, 0.2) is 30.3 Å². The monoisotopic (exact) mass is 346 g/mol. The highest BCUT2D eigenvalue weighted by atomic mass is 16.5. The van der Waals surface area contributed by atoms with E-state index in [4.69, 9.17) is 4.74 Å². The fourth-order valence-electron chi connectivity index (χ4n) is 3.12. The zero-order valence-corrected chi connectivity index (χ0v) is 14.9. The van der Waals surface area contributed by atoms with E-state index in [1.54, 1.807) is 6.92 Å². The molecule has 1 aliphatic heterocycles. The molecule has 0 saturated carbocycles. The van der Waals surface area contributed by atoms with Crippen LogP contribution in [0.1, 0.15) is 51.5 Å². The maximum atomic E-state index is 13.1. The highest BCUT2D eigenvalue weighted by Gasteiger charge is 2.51. The van der Waals surface area contributed by atoms with Crippen LogP contribution in [-0.4, -0.2) is 36.0 Å². The standard InChI is InChI=1S/C19H26N2O4/c1-3-5-13-19(15-10-7-6-8-11-15)17(23)21(18(24)20-19)14-9-12-16(22)25-4-2/h6-8,10-11H,3-5,9,12-14H2,1-2H3,(H,20,24). The van der Waals surface area contributed by atoms with Crippen LogP contribution in [0, 0.1) is 0 Å². The molecule has 0 aromatic heterocycles. The molecular weight excluding hydrogens is 320 g/mol. The summed E-state index contributed by atoms with van der Waals surface area (Å²) < 4.78 is 4.88. The minimum Gasteiger partial charge on any atom is -0.466 e. The predicted octanol–water partition coefficient (Wildman–Crippen LogP) is 2.97. The average Bonchev–Trinajstić information content (AvgIpc) is 2.86. The molecule has 6 heteroatoms. The molecule has 1 aromatic rings. The summed E-state index contributed by atoms with van der Waals surface area (Å²) in [5.74, 6) is -0.545. The fraction of sp³-hybridized carbons (Fsp3) is 0.526. The van der Waals surface area contributed by atoms with Crippen molar-refractivity contribution in [2.75, 3.05) is 13.2 Å². The van der Waals surface area contributed by atoms with Gasteiger partial charge in [0.05, 0.1) is 6.61 Å². The van der Waals surface area contributed by atoms with Gasteiger partial charge in [-0.3, -0.25) is 14.5 Å². The van der Waals surface area contributed by atoms with Gasteiger partial charge in [0.1, 0.15) is 5.54 Å². The number of amides is 3. The summed E-state index contributed by atoms with van der Waals surface area (Å²) in [6.07, 6.45) is 2.92. The molecule has 3 amide bonds. The minimum absolute atomic E-state index is 0.193. The molecule has 0 spiro atoms. The number of nitrogens with zero attached hydrogens (tertiary/aromatic N) is 1. The Labute approximate surface area is 148 Å². The van der Waals surface area contributed by atoms with Gasteiger partial charge in [0.25, 0.3) is 5.91 Å². The molecular formula is C19H26N2O4. The van der Waals surface area contributed by atoms with Crippen molar-refractivity contribution in [1.29, 1.82) is 0 Å². The molecule has 1 fully saturated rings. The predicted molar refractivity (Wildman–Crippen MR) is 93.8 cm³/mol. The van der Waals surface area contributed by atoms with E-state index in [0.29, 0.717) is 19.4 Å². The third-order valence-corrected chi connectivity index (χ3v) is 4.42. The molecule has 1 N–H and O–H groups in total. The largest absolute Gasteiger partial charge is 0.466 e. The topological polar surface area (TPSA) is 75.7 Å². The highest BCUT2D eigenvalue weighted by Crippen LogP contribution is 2.34. The van der Waals surface area contributed by atoms with Crippen molar-refractivity contribution in [3.8, 4) is 0 Å². The number of imide groups is 1. The van der Waals surface area contributed by atoms with Gasteiger partial charge in [0, 0.05) is 13.0 Å². The number of benzene rings is 1. The van der Waals surface area contributed by atoms with Gasteiger partial charge < -0.3 is 10.1 Å². The van der Waals surface area contributed by atoms with Crippen molar-refractivity contribution in [3.63, 3.8) is 0 Å². The van der Waals surface area contributed by atoms with Gasteiger partial charge in [0.2, 0.25) is 0 Å². The Morgan fingerprint density at radius 2 is 1.88 bits per heavy atom. The van der Waals surface area contributed by atoms with Gasteiger partial charge in [-0.05, 0) is 25.3 Å². The lowest BCUT2D eigenvalue weighted by Crippen LogP contribution is -2.44. The first-order valence-corrected chi connectivity index (χ1v) is 8.90. The van der Waals surface area contributed by atoms with Gasteiger partial charge in [-0.1, -0.05) is 50.1 Å². The lowest BCUT2D eigenvalue weighted by molar-refractivity contribution is -0.143. The number of rotatable bonds is 9. The number of ether oxygens (including phenoxy) is 1. The molecule has 2 rings (SSSR count). The first-order chi connectivity index (χ1) is 12.0. The number of hydrogen-bond acceptors (Lipinski definition) is 4. The molecule has 1 heterocycles. The summed E-state index contributed by atoms with van der Waals surface area (Å²) in [5.41, 5.74) is -0.201. The minimum atomic E-state index is -1.00. The Balaban J connectivity index is 2.13. The second-order valence-corrected chi connectivity index (χ2v) is 6.17. The van der Waals surface area contributed by atoms with Gasteiger partial charge in [0.15, 0.2) is 0 Å². The molecule has 136 valence electrons. The van der Waals surface area contributed by atoms with E-state index in [0.717, 1.165) is 18.4 Å². The Morgan fingerprint density at radius 1 is 1.16 bits per heavy atom. The van der Waals surface area contributed by atoms with Gasteiger partial charge >= 0.3 is 12.0 Å². The number of nitrogens with one attached hydrogen (secondary N) is 1. The van der Waals surface area contributed by atoms with E-state index in [9.17, 15) is 14.4 Å². The number of urea groups is 1. The molecule has 0 aliphatic carbocycles. The van der Waals surface area contributed by atoms with E-state index < -0.39 is 11.6 Å². The molecule has 1 saturated heterocycles. The van der Waals surface area contributed by atoms with Crippen molar-refractivity contribution < 1.29 is 19.1 Å². The molecule has 25 heavy (non-hydrogen) atoms. The summed E-state index contributed by atoms with van der Waals surface area (Å²) in [4.78, 5) is 38.2. The van der Waals surface area contributed by atoms with Crippen LogP contribution in [-0.2, 0) is 19.9 Å². The quantitative estimate of drug-likeness (QED) is 0.551. The first kappa shape index (κ1) is 19.0. The van der Waals surface area contributed by atoms with E-state index in [1.165, 1.54) is 4.90 Å². The summed E-state index contributed by atoms with van der Waals surface area (Å²) in [7, 11) is 0. The van der Waals surface area contributed by atoms with E-state index in [-0.39, 0.29) is 24.8 Å². The van der Waals surface area contributed by atoms with Crippen molar-refractivity contribution in [2.24, 2.45) is 0 Å². The third kappa shape index (κ3) is 4.18. The van der Waals surface area contributed by atoms with Crippen LogP contribution >= 0.6 is 0 Å². The lowest BCUT2D eigenvalue weighted by atomic mass is 9.85. The Bertz CT molecular complexity index is 617. The smallest absolute Gasteiger partial charge is 0.325 e. The zero-order chi connectivity index (χ0) is 18.3. The molecule has 1 aliphatic rings. The molecule has 1 atom stereocenters. The number of esters is 1. The lowest BCUT2D eigenvalue weighted by Gasteiger charge is -2.27. The number of carbonyl (C=O) groups excluding carboxylic acids is 3. The van der Waals surface area contributed by atoms with Crippen molar-refractivity contribution in [3.05, 3.63) is 35.9 Å². The van der Waals surface area contributed by atoms with E-state index in [2.05, 4.69) is 12.2 Å². The Hall–Kier alpha value is -2.37. The summed E-state index contributed by atoms with van der Waals surface area (Å²) in [6.45, 7) is 4.34. The van der Waals surface area contributed by atoms with Crippen LogP contribution < -0.4 is 5.32 Å². The highest BCUT2D eigenvalue weighted by molar-refractivity contribution is 6.07. The Morgan fingerprint density at radius 3 is 2.52 bits per heavy atom. The molecule has 0 bridgehead atoms. The summed E-state index contributed by atoms with van der Waals surface area (Å²) >= 11 is 0. The number of unbranched alkanes of at least 4 members (excludes halogenated alkanes) is 1. The van der Waals surface area contributed by atoms with Crippen LogP contribution in [0.4, 0.5) is 4.79 Å². The Kier molecular flexibility index (Phi) is 6.56. The molecule has 6 nitrogen and oxygen atoms in total. The summed E-state index contributed by atoms with van der Waals surface area (Å²) in [5, 5.41) is 2.90. The molecule has 0 radical (unpaired) electrons. The normalized spacial score (nSPS) is 19.8. The van der Waals surface area contributed by atoms with Crippen LogP contribution in [0.25, 0.3) is 0 Å².